The van der Waals surface area contributed by atoms with Crippen LogP contribution < -0.4 is 9.64 Å². The van der Waals surface area contributed by atoms with Gasteiger partial charge in [0.15, 0.2) is 0 Å². The predicted molar refractivity (Wildman–Crippen MR) is 119 cm³/mol. The molecule has 0 saturated carbocycles. The molecule has 5 nitrogen and oxygen atoms in total. The van der Waals surface area contributed by atoms with E-state index in [1.54, 1.807) is 18.3 Å². The molecule has 1 saturated heterocycles. The quantitative estimate of drug-likeness (QED) is 0.641. The molecule has 2 aliphatic rings. The molecule has 156 valence electrons. The Kier molecular flexibility index (Phi) is 6.50. The summed E-state index contributed by atoms with van der Waals surface area (Å²) in [5, 5.41) is 2.01. The lowest BCUT2D eigenvalue weighted by molar-refractivity contribution is -0.116. The van der Waals surface area contributed by atoms with E-state index in [0.29, 0.717) is 0 Å². The van der Waals surface area contributed by atoms with Crippen LogP contribution in [0.4, 0.5) is 5.00 Å². The molecule has 6 heteroatoms. The SMILES string of the molecule is CC(=O)N1CCCCc2nc(-c3ccc(OCCCN4CCC[C@H]4C)cc3)sc21. The summed E-state index contributed by atoms with van der Waals surface area (Å²) in [5.74, 6) is 1.02. The number of fused-ring (bicyclic) bond motifs is 1. The lowest BCUT2D eigenvalue weighted by Gasteiger charge is -2.20. The number of benzene rings is 1. The van der Waals surface area contributed by atoms with E-state index in [-0.39, 0.29) is 5.91 Å². The smallest absolute Gasteiger partial charge is 0.224 e. The van der Waals surface area contributed by atoms with E-state index < -0.39 is 0 Å². The first-order valence-corrected chi connectivity index (χ1v) is 11.7. The number of likely N-dealkylation sites (tertiary alicyclic amines) is 1. The molecule has 0 N–H and O–H groups in total. The fraction of sp³-hybridized carbons (Fsp3) is 0.565. The van der Waals surface area contributed by atoms with Crippen molar-refractivity contribution in [2.75, 3.05) is 31.1 Å². The van der Waals surface area contributed by atoms with Gasteiger partial charge in [-0.25, -0.2) is 4.98 Å². The largest absolute Gasteiger partial charge is 0.494 e. The van der Waals surface area contributed by atoms with Crippen LogP contribution in [0.5, 0.6) is 5.75 Å². The number of rotatable bonds is 6. The van der Waals surface area contributed by atoms with Crippen LogP contribution in [0.2, 0.25) is 0 Å². The van der Waals surface area contributed by atoms with Crippen LogP contribution in [-0.4, -0.2) is 48.1 Å². The van der Waals surface area contributed by atoms with Gasteiger partial charge in [0.25, 0.3) is 0 Å². The number of ether oxygens (including phenoxy) is 1. The van der Waals surface area contributed by atoms with Gasteiger partial charge >= 0.3 is 0 Å². The van der Waals surface area contributed by atoms with Gasteiger partial charge in [0.05, 0.1) is 12.3 Å². The van der Waals surface area contributed by atoms with Gasteiger partial charge in [-0.05, 0) is 76.3 Å². The Morgan fingerprint density at radius 1 is 1.21 bits per heavy atom. The van der Waals surface area contributed by atoms with Gasteiger partial charge in [-0.2, -0.15) is 0 Å². The summed E-state index contributed by atoms with van der Waals surface area (Å²) in [6, 6.07) is 8.94. The van der Waals surface area contributed by atoms with Gasteiger partial charge in [-0.3, -0.25) is 4.79 Å². The van der Waals surface area contributed by atoms with Crippen molar-refractivity contribution < 1.29 is 9.53 Å². The van der Waals surface area contributed by atoms with Crippen molar-refractivity contribution in [2.45, 2.75) is 58.4 Å². The maximum Gasteiger partial charge on any atom is 0.224 e. The number of hydrogen-bond donors (Lipinski definition) is 0. The molecule has 0 bridgehead atoms. The van der Waals surface area contributed by atoms with E-state index in [0.717, 1.165) is 78.4 Å². The fourth-order valence-corrected chi connectivity index (χ4v) is 5.47. The third-order valence-corrected chi connectivity index (χ3v) is 7.17. The highest BCUT2D eigenvalue weighted by molar-refractivity contribution is 7.19. The Hall–Kier alpha value is -1.92. The summed E-state index contributed by atoms with van der Waals surface area (Å²) in [5.41, 5.74) is 2.15. The Morgan fingerprint density at radius 3 is 2.76 bits per heavy atom. The lowest BCUT2D eigenvalue weighted by atomic mass is 10.2. The number of carbonyl (C=O) groups is 1. The van der Waals surface area contributed by atoms with E-state index in [1.165, 1.54) is 19.4 Å². The lowest BCUT2D eigenvalue weighted by Crippen LogP contribution is -2.28. The minimum absolute atomic E-state index is 0.107. The molecule has 1 aromatic heterocycles. The van der Waals surface area contributed by atoms with E-state index in [1.807, 2.05) is 17.0 Å². The highest BCUT2D eigenvalue weighted by Gasteiger charge is 2.23. The molecule has 2 aliphatic heterocycles. The molecule has 0 radical (unpaired) electrons. The van der Waals surface area contributed by atoms with Crippen LogP contribution in [0.25, 0.3) is 10.6 Å². The first-order valence-electron chi connectivity index (χ1n) is 10.9. The molecule has 3 heterocycles. The van der Waals surface area contributed by atoms with E-state index in [4.69, 9.17) is 9.72 Å². The number of carbonyl (C=O) groups excluding carboxylic acids is 1. The van der Waals surface area contributed by atoms with Gasteiger partial charge in [0.1, 0.15) is 15.8 Å². The highest BCUT2D eigenvalue weighted by atomic mass is 32.1. The summed E-state index contributed by atoms with van der Waals surface area (Å²) >= 11 is 1.63. The predicted octanol–water partition coefficient (Wildman–Crippen LogP) is 4.75. The average molecular weight is 414 g/mol. The fourth-order valence-electron chi connectivity index (χ4n) is 4.28. The molecule has 2 aromatic rings. The van der Waals surface area contributed by atoms with Crippen molar-refractivity contribution in [3.8, 4) is 16.3 Å². The van der Waals surface area contributed by atoms with Gasteiger partial charge in [-0.1, -0.05) is 11.3 Å². The Morgan fingerprint density at radius 2 is 2.03 bits per heavy atom. The first-order chi connectivity index (χ1) is 14.1. The van der Waals surface area contributed by atoms with E-state index >= 15 is 0 Å². The number of hydrogen-bond acceptors (Lipinski definition) is 5. The summed E-state index contributed by atoms with van der Waals surface area (Å²) in [7, 11) is 0. The highest BCUT2D eigenvalue weighted by Crippen LogP contribution is 2.37. The van der Waals surface area contributed by atoms with Crippen LogP contribution in [0.3, 0.4) is 0 Å². The molecule has 1 amide bonds. The molecular formula is C23H31N3O2S. The minimum Gasteiger partial charge on any atom is -0.494 e. The summed E-state index contributed by atoms with van der Waals surface area (Å²) in [6.07, 6.45) is 6.79. The number of aryl methyl sites for hydroxylation is 1. The second-order valence-electron chi connectivity index (χ2n) is 8.15. The van der Waals surface area contributed by atoms with Crippen molar-refractivity contribution in [1.82, 2.24) is 9.88 Å². The average Bonchev–Trinajstić information content (AvgIpc) is 3.26. The molecule has 0 aliphatic carbocycles. The maximum atomic E-state index is 12.0. The number of aromatic nitrogens is 1. The Labute approximate surface area is 177 Å². The van der Waals surface area contributed by atoms with Crippen LogP contribution in [-0.2, 0) is 11.2 Å². The summed E-state index contributed by atoms with van der Waals surface area (Å²) < 4.78 is 5.94. The van der Waals surface area contributed by atoms with Crippen LogP contribution in [0.15, 0.2) is 24.3 Å². The second kappa shape index (κ2) is 9.26. The molecule has 0 spiro atoms. The zero-order chi connectivity index (χ0) is 20.2. The molecule has 0 unspecified atom stereocenters. The van der Waals surface area contributed by atoms with Gasteiger partial charge < -0.3 is 14.5 Å². The van der Waals surface area contributed by atoms with Gasteiger partial charge in [-0.15, -0.1) is 0 Å². The minimum atomic E-state index is 0.107. The third kappa shape index (κ3) is 4.81. The zero-order valence-corrected chi connectivity index (χ0v) is 18.3. The van der Waals surface area contributed by atoms with Gasteiger partial charge in [0.2, 0.25) is 5.91 Å². The molecular weight excluding hydrogens is 382 g/mol. The number of thiazole rings is 1. The molecule has 1 aromatic carbocycles. The Bertz CT molecular complexity index is 833. The van der Waals surface area contributed by atoms with Crippen LogP contribution >= 0.6 is 11.3 Å². The van der Waals surface area contributed by atoms with Crippen molar-refractivity contribution >= 4 is 22.2 Å². The molecule has 4 rings (SSSR count). The zero-order valence-electron chi connectivity index (χ0n) is 17.5. The number of amides is 1. The van der Waals surface area contributed by atoms with E-state index in [2.05, 4.69) is 24.0 Å². The summed E-state index contributed by atoms with van der Waals surface area (Å²) in [4.78, 5) is 21.3. The Balaban J connectivity index is 1.35. The normalized spacial score (nSPS) is 19.8. The topological polar surface area (TPSA) is 45.7 Å². The standard InChI is InChI=1S/C23H31N3O2S/c1-17-7-5-13-25(17)14-6-16-28-20-11-9-19(10-12-20)22-24-21-8-3-4-15-26(18(2)27)23(21)29-22/h9-12,17H,3-8,13-16H2,1-2H3/t17-/m1/s1. The monoisotopic (exact) mass is 413 g/mol. The number of anilines is 1. The number of nitrogens with zero attached hydrogens (tertiary/aromatic N) is 3. The van der Waals surface area contributed by atoms with Crippen LogP contribution in [0.1, 0.15) is 51.6 Å². The molecule has 1 atom stereocenters. The second-order valence-corrected chi connectivity index (χ2v) is 9.13. The molecule has 29 heavy (non-hydrogen) atoms. The van der Waals surface area contributed by atoms with Crippen molar-refractivity contribution in [1.29, 1.82) is 0 Å². The summed E-state index contributed by atoms with van der Waals surface area (Å²) in [6.45, 7) is 7.87. The van der Waals surface area contributed by atoms with Gasteiger partial charge in [0, 0.05) is 31.6 Å². The maximum absolute atomic E-state index is 12.0. The van der Waals surface area contributed by atoms with E-state index in [9.17, 15) is 4.79 Å². The van der Waals surface area contributed by atoms with Crippen molar-refractivity contribution in [3.63, 3.8) is 0 Å². The van der Waals surface area contributed by atoms with Crippen molar-refractivity contribution in [2.24, 2.45) is 0 Å². The van der Waals surface area contributed by atoms with Crippen molar-refractivity contribution in [3.05, 3.63) is 30.0 Å². The van der Waals surface area contributed by atoms with Crippen LogP contribution in [0, 0.1) is 0 Å². The first kappa shape index (κ1) is 20.4. The molecule has 1 fully saturated rings. The third-order valence-electron chi connectivity index (χ3n) is 6.00.